The fourth-order valence-corrected chi connectivity index (χ4v) is 2.96. The highest BCUT2D eigenvalue weighted by molar-refractivity contribution is 5.92. The van der Waals surface area contributed by atoms with Crippen LogP contribution in [0.3, 0.4) is 0 Å². The third-order valence-electron chi connectivity index (χ3n) is 4.44. The number of likely N-dealkylation sites (tertiary alicyclic amines) is 1. The van der Waals surface area contributed by atoms with E-state index in [-0.39, 0.29) is 18.0 Å². The predicted molar refractivity (Wildman–Crippen MR) is 108 cm³/mol. The summed E-state index contributed by atoms with van der Waals surface area (Å²) in [5.41, 5.74) is 0.855. The maximum atomic E-state index is 12.2. The molecule has 1 heterocycles. The summed E-state index contributed by atoms with van der Waals surface area (Å²) in [5.74, 6) is 1.18. The van der Waals surface area contributed by atoms with Gasteiger partial charge in [-0.3, -0.25) is 4.79 Å². The maximum Gasteiger partial charge on any atom is 0.409 e. The molecule has 7 heteroatoms. The summed E-state index contributed by atoms with van der Waals surface area (Å²) >= 11 is 0. The molecule has 28 heavy (non-hydrogen) atoms. The average molecular weight is 390 g/mol. The largest absolute Gasteiger partial charge is 0.493 e. The lowest BCUT2D eigenvalue weighted by molar-refractivity contribution is -0.117. The standard InChI is InChI=1S/C21H30N2O5/c1-4-14-28-18-8-6-16(15-19(18)26-3)7-9-20(24)22-17-10-12-23(13-11-17)21(25)27-5-2/h6-9,15,17H,4-5,10-14H2,1-3H3,(H,22,24)/b9-7+. The van der Waals surface area contributed by atoms with Crippen LogP contribution < -0.4 is 14.8 Å². The van der Waals surface area contributed by atoms with Crippen molar-refractivity contribution in [3.05, 3.63) is 29.8 Å². The third-order valence-corrected chi connectivity index (χ3v) is 4.44. The number of rotatable bonds is 8. The number of hydrogen-bond donors (Lipinski definition) is 1. The van der Waals surface area contributed by atoms with Gasteiger partial charge >= 0.3 is 6.09 Å². The van der Waals surface area contributed by atoms with Crippen LogP contribution in [0.25, 0.3) is 6.08 Å². The van der Waals surface area contributed by atoms with Crippen molar-refractivity contribution in [3.63, 3.8) is 0 Å². The zero-order valence-electron chi connectivity index (χ0n) is 16.9. The third kappa shape index (κ3) is 6.48. The molecule has 1 fully saturated rings. The Kier molecular flexibility index (Phi) is 8.65. The van der Waals surface area contributed by atoms with Gasteiger partial charge in [-0.05, 0) is 50.0 Å². The van der Waals surface area contributed by atoms with E-state index in [0.29, 0.717) is 37.8 Å². The zero-order valence-corrected chi connectivity index (χ0v) is 16.9. The van der Waals surface area contributed by atoms with Gasteiger partial charge in [-0.15, -0.1) is 0 Å². The van der Waals surface area contributed by atoms with Gasteiger partial charge in [-0.1, -0.05) is 13.0 Å². The lowest BCUT2D eigenvalue weighted by atomic mass is 10.1. The highest BCUT2D eigenvalue weighted by atomic mass is 16.6. The fourth-order valence-electron chi connectivity index (χ4n) is 2.96. The monoisotopic (exact) mass is 390 g/mol. The van der Waals surface area contributed by atoms with E-state index < -0.39 is 0 Å². The van der Waals surface area contributed by atoms with Gasteiger partial charge in [0, 0.05) is 25.2 Å². The first-order chi connectivity index (χ1) is 13.6. The highest BCUT2D eigenvalue weighted by Gasteiger charge is 2.24. The second-order valence-electron chi connectivity index (χ2n) is 6.56. The van der Waals surface area contributed by atoms with E-state index in [1.54, 1.807) is 25.0 Å². The van der Waals surface area contributed by atoms with Crippen LogP contribution in [0.1, 0.15) is 38.7 Å². The van der Waals surface area contributed by atoms with Crippen molar-refractivity contribution in [2.24, 2.45) is 0 Å². The molecule has 0 saturated carbocycles. The molecule has 0 radical (unpaired) electrons. The van der Waals surface area contributed by atoms with Gasteiger partial charge in [0.1, 0.15) is 0 Å². The molecular formula is C21H30N2O5. The quantitative estimate of drug-likeness (QED) is 0.690. The van der Waals surface area contributed by atoms with E-state index >= 15 is 0 Å². The lowest BCUT2D eigenvalue weighted by Crippen LogP contribution is -2.46. The molecule has 0 spiro atoms. The molecule has 154 valence electrons. The van der Waals surface area contributed by atoms with Gasteiger partial charge in [-0.25, -0.2) is 4.79 Å². The molecule has 0 bridgehead atoms. The summed E-state index contributed by atoms with van der Waals surface area (Å²) in [6, 6.07) is 5.63. The molecule has 1 aliphatic rings. The first kappa shape index (κ1) is 21.6. The minimum absolute atomic E-state index is 0.0576. The van der Waals surface area contributed by atoms with Crippen LogP contribution in [0.15, 0.2) is 24.3 Å². The molecule has 1 aromatic rings. The summed E-state index contributed by atoms with van der Waals surface area (Å²) < 4.78 is 16.0. The van der Waals surface area contributed by atoms with Gasteiger partial charge in [0.25, 0.3) is 0 Å². The number of carbonyl (C=O) groups is 2. The molecule has 7 nitrogen and oxygen atoms in total. The van der Waals surface area contributed by atoms with Crippen LogP contribution in [0.5, 0.6) is 11.5 Å². The molecule has 2 rings (SSSR count). The average Bonchev–Trinajstić information content (AvgIpc) is 2.71. The molecular weight excluding hydrogens is 360 g/mol. The summed E-state index contributed by atoms with van der Waals surface area (Å²) in [4.78, 5) is 25.6. The number of carbonyl (C=O) groups excluding carboxylic acids is 2. The van der Waals surface area contributed by atoms with Gasteiger partial charge in [0.05, 0.1) is 20.3 Å². The molecule has 2 amide bonds. The van der Waals surface area contributed by atoms with Gasteiger partial charge in [0.15, 0.2) is 11.5 Å². The minimum Gasteiger partial charge on any atom is -0.493 e. The fraction of sp³-hybridized carbons (Fsp3) is 0.524. The molecule has 1 aliphatic heterocycles. The smallest absolute Gasteiger partial charge is 0.409 e. The van der Waals surface area contributed by atoms with Crippen LogP contribution in [-0.2, 0) is 9.53 Å². The molecule has 1 saturated heterocycles. The SMILES string of the molecule is CCCOc1ccc(/C=C/C(=O)NC2CCN(C(=O)OCC)CC2)cc1OC. The number of nitrogens with one attached hydrogen (secondary N) is 1. The molecule has 1 N–H and O–H groups in total. The Morgan fingerprint density at radius 3 is 2.61 bits per heavy atom. The van der Waals surface area contributed by atoms with Crippen molar-refractivity contribution >= 4 is 18.1 Å². The lowest BCUT2D eigenvalue weighted by Gasteiger charge is -2.31. The number of ether oxygens (including phenoxy) is 3. The number of hydrogen-bond acceptors (Lipinski definition) is 5. The molecule has 0 atom stereocenters. The van der Waals surface area contributed by atoms with E-state index in [1.807, 2.05) is 25.1 Å². The Morgan fingerprint density at radius 2 is 1.96 bits per heavy atom. The number of methoxy groups -OCH3 is 1. The number of piperidine rings is 1. The van der Waals surface area contributed by atoms with Crippen molar-refractivity contribution in [2.75, 3.05) is 33.4 Å². The molecule has 0 unspecified atom stereocenters. The van der Waals surface area contributed by atoms with Crippen molar-refractivity contribution in [1.82, 2.24) is 10.2 Å². The van der Waals surface area contributed by atoms with Crippen LogP contribution >= 0.6 is 0 Å². The van der Waals surface area contributed by atoms with Gasteiger partial charge in [0.2, 0.25) is 5.91 Å². The molecule has 0 aliphatic carbocycles. The topological polar surface area (TPSA) is 77.1 Å². The van der Waals surface area contributed by atoms with E-state index in [2.05, 4.69) is 5.32 Å². The molecule has 1 aromatic carbocycles. The van der Waals surface area contributed by atoms with Gasteiger partial charge in [-0.2, -0.15) is 0 Å². The van der Waals surface area contributed by atoms with Crippen molar-refractivity contribution < 1.29 is 23.8 Å². The summed E-state index contributed by atoms with van der Waals surface area (Å²) in [6.07, 6.45) is 5.33. The minimum atomic E-state index is -0.285. The Bertz CT molecular complexity index is 681. The number of amides is 2. The van der Waals surface area contributed by atoms with E-state index in [0.717, 1.165) is 24.8 Å². The summed E-state index contributed by atoms with van der Waals surface area (Å²) in [6.45, 7) is 6.01. The van der Waals surface area contributed by atoms with E-state index in [1.165, 1.54) is 6.08 Å². The second kappa shape index (κ2) is 11.2. The second-order valence-corrected chi connectivity index (χ2v) is 6.56. The Morgan fingerprint density at radius 1 is 1.21 bits per heavy atom. The normalized spacial score (nSPS) is 14.8. The van der Waals surface area contributed by atoms with Crippen LogP contribution in [-0.4, -0.2) is 56.4 Å². The van der Waals surface area contributed by atoms with Crippen molar-refractivity contribution in [1.29, 1.82) is 0 Å². The first-order valence-electron chi connectivity index (χ1n) is 9.78. The van der Waals surface area contributed by atoms with E-state index in [4.69, 9.17) is 14.2 Å². The molecule has 0 aromatic heterocycles. The van der Waals surface area contributed by atoms with Crippen LogP contribution in [0, 0.1) is 0 Å². The maximum absolute atomic E-state index is 12.2. The highest BCUT2D eigenvalue weighted by Crippen LogP contribution is 2.28. The van der Waals surface area contributed by atoms with E-state index in [9.17, 15) is 9.59 Å². The zero-order chi connectivity index (χ0) is 20.4. The summed E-state index contributed by atoms with van der Waals surface area (Å²) in [5, 5.41) is 2.99. The Balaban J connectivity index is 1.84. The van der Waals surface area contributed by atoms with Gasteiger partial charge < -0.3 is 24.4 Å². The summed E-state index contributed by atoms with van der Waals surface area (Å²) in [7, 11) is 1.59. The Hall–Kier alpha value is -2.70. The first-order valence-corrected chi connectivity index (χ1v) is 9.78. The number of benzene rings is 1. The predicted octanol–water partition coefficient (Wildman–Crippen LogP) is 3.23. The van der Waals surface area contributed by atoms with Crippen LogP contribution in [0.2, 0.25) is 0 Å². The van der Waals surface area contributed by atoms with Crippen molar-refractivity contribution in [2.45, 2.75) is 39.2 Å². The van der Waals surface area contributed by atoms with Crippen molar-refractivity contribution in [3.8, 4) is 11.5 Å². The number of nitrogens with zero attached hydrogens (tertiary/aromatic N) is 1. The Labute approximate surface area is 166 Å². The van der Waals surface area contributed by atoms with Crippen LogP contribution in [0.4, 0.5) is 4.79 Å².